The first-order valence-corrected chi connectivity index (χ1v) is 6.08. The minimum atomic E-state index is -0.639. The van der Waals surface area contributed by atoms with Crippen LogP contribution >= 0.6 is 0 Å². The van der Waals surface area contributed by atoms with Crippen molar-refractivity contribution in [2.45, 2.75) is 19.8 Å². The molecule has 1 aromatic heterocycles. The number of amides is 1. The number of pyridine rings is 1. The summed E-state index contributed by atoms with van der Waals surface area (Å²) in [6.07, 6.45) is 1.84. The second-order valence-electron chi connectivity index (χ2n) is 4.95. The standard InChI is InChI=1S/C13H17FN2O2/c1-13(5-7-18-8-6-13)9-15-12(17)10-3-2-4-11(14)16-10/h2-4H,5-9H2,1H3,(H,15,17). The Morgan fingerprint density at radius 3 is 2.89 bits per heavy atom. The Kier molecular flexibility index (Phi) is 3.91. The lowest BCUT2D eigenvalue weighted by atomic mass is 9.82. The Hall–Kier alpha value is -1.49. The Balaban J connectivity index is 1.92. The lowest BCUT2D eigenvalue weighted by Crippen LogP contribution is -2.39. The summed E-state index contributed by atoms with van der Waals surface area (Å²) in [5.41, 5.74) is 0.173. The summed E-state index contributed by atoms with van der Waals surface area (Å²) in [5.74, 6) is -0.970. The van der Waals surface area contributed by atoms with E-state index in [0.29, 0.717) is 6.54 Å². The molecule has 0 bridgehead atoms. The molecule has 1 aliphatic rings. The lowest BCUT2D eigenvalue weighted by molar-refractivity contribution is 0.0238. The number of aromatic nitrogens is 1. The molecule has 1 aromatic rings. The second-order valence-corrected chi connectivity index (χ2v) is 4.95. The minimum Gasteiger partial charge on any atom is -0.381 e. The van der Waals surface area contributed by atoms with Crippen LogP contribution < -0.4 is 5.32 Å². The summed E-state index contributed by atoms with van der Waals surface area (Å²) in [7, 11) is 0. The van der Waals surface area contributed by atoms with Crippen molar-refractivity contribution < 1.29 is 13.9 Å². The van der Waals surface area contributed by atoms with Crippen LogP contribution in [0.25, 0.3) is 0 Å². The number of hydrogen-bond donors (Lipinski definition) is 1. The van der Waals surface area contributed by atoms with Crippen LogP contribution in [-0.4, -0.2) is 30.6 Å². The molecule has 1 N–H and O–H groups in total. The first-order chi connectivity index (χ1) is 8.59. The molecule has 1 amide bonds. The van der Waals surface area contributed by atoms with Crippen LogP contribution in [0.1, 0.15) is 30.3 Å². The van der Waals surface area contributed by atoms with E-state index in [2.05, 4.69) is 17.2 Å². The van der Waals surface area contributed by atoms with Gasteiger partial charge in [-0.2, -0.15) is 4.39 Å². The lowest BCUT2D eigenvalue weighted by Gasteiger charge is -2.33. The third-order valence-corrected chi connectivity index (χ3v) is 3.32. The number of rotatable bonds is 3. The van der Waals surface area contributed by atoms with Crippen LogP contribution in [0.5, 0.6) is 0 Å². The van der Waals surface area contributed by atoms with Crippen LogP contribution in [-0.2, 0) is 4.74 Å². The molecule has 98 valence electrons. The predicted octanol–water partition coefficient (Wildman–Crippen LogP) is 1.77. The molecule has 0 aliphatic carbocycles. The maximum absolute atomic E-state index is 12.9. The molecule has 0 saturated carbocycles. The van der Waals surface area contributed by atoms with E-state index in [4.69, 9.17) is 4.74 Å². The number of nitrogens with zero attached hydrogens (tertiary/aromatic N) is 1. The van der Waals surface area contributed by atoms with E-state index in [1.165, 1.54) is 18.2 Å². The van der Waals surface area contributed by atoms with Crippen molar-refractivity contribution in [2.24, 2.45) is 5.41 Å². The minimum absolute atomic E-state index is 0.0568. The molecule has 0 radical (unpaired) electrons. The second kappa shape index (κ2) is 5.44. The molecule has 1 aliphatic heterocycles. The van der Waals surface area contributed by atoms with Crippen molar-refractivity contribution in [1.82, 2.24) is 10.3 Å². The molecular weight excluding hydrogens is 235 g/mol. The fourth-order valence-corrected chi connectivity index (χ4v) is 1.96. The highest BCUT2D eigenvalue weighted by Gasteiger charge is 2.27. The highest BCUT2D eigenvalue weighted by molar-refractivity contribution is 5.92. The molecule has 1 fully saturated rings. The summed E-state index contributed by atoms with van der Waals surface area (Å²) in [6, 6.07) is 4.20. The quantitative estimate of drug-likeness (QED) is 0.834. The van der Waals surface area contributed by atoms with Gasteiger partial charge in [0.1, 0.15) is 5.69 Å². The molecule has 0 spiro atoms. The van der Waals surface area contributed by atoms with Gasteiger partial charge in [0.2, 0.25) is 5.95 Å². The van der Waals surface area contributed by atoms with Crippen LogP contribution in [0.2, 0.25) is 0 Å². The van der Waals surface area contributed by atoms with Gasteiger partial charge in [0.15, 0.2) is 0 Å². The van der Waals surface area contributed by atoms with Crippen LogP contribution in [0, 0.1) is 11.4 Å². The molecule has 0 atom stereocenters. The third-order valence-electron chi connectivity index (χ3n) is 3.32. The van der Waals surface area contributed by atoms with Crippen LogP contribution in [0.3, 0.4) is 0 Å². The Morgan fingerprint density at radius 2 is 2.22 bits per heavy atom. The molecule has 5 heteroatoms. The van der Waals surface area contributed by atoms with E-state index in [1.54, 1.807) is 0 Å². The summed E-state index contributed by atoms with van der Waals surface area (Å²) < 4.78 is 18.2. The number of carbonyl (C=O) groups is 1. The smallest absolute Gasteiger partial charge is 0.270 e. The number of carbonyl (C=O) groups excluding carboxylic acids is 1. The van der Waals surface area contributed by atoms with Gasteiger partial charge >= 0.3 is 0 Å². The first-order valence-electron chi connectivity index (χ1n) is 6.08. The topological polar surface area (TPSA) is 51.2 Å². The third kappa shape index (κ3) is 3.26. The van der Waals surface area contributed by atoms with E-state index in [0.717, 1.165) is 26.1 Å². The number of nitrogens with one attached hydrogen (secondary N) is 1. The van der Waals surface area contributed by atoms with Gasteiger partial charge < -0.3 is 10.1 Å². The Labute approximate surface area is 106 Å². The molecule has 18 heavy (non-hydrogen) atoms. The van der Waals surface area contributed by atoms with Gasteiger partial charge in [-0.3, -0.25) is 4.79 Å². The summed E-state index contributed by atoms with van der Waals surface area (Å²) in [4.78, 5) is 15.4. The first kappa shape index (κ1) is 13.0. The molecular formula is C13H17FN2O2. The van der Waals surface area contributed by atoms with Gasteiger partial charge in [0.25, 0.3) is 5.91 Å². The monoisotopic (exact) mass is 252 g/mol. The zero-order chi connectivity index (χ0) is 13.0. The molecule has 2 heterocycles. The van der Waals surface area contributed by atoms with Gasteiger partial charge in [-0.25, -0.2) is 4.98 Å². The van der Waals surface area contributed by atoms with Crippen LogP contribution in [0.4, 0.5) is 4.39 Å². The van der Waals surface area contributed by atoms with E-state index in [9.17, 15) is 9.18 Å². The molecule has 2 rings (SSSR count). The zero-order valence-corrected chi connectivity index (χ0v) is 10.4. The fourth-order valence-electron chi connectivity index (χ4n) is 1.96. The van der Waals surface area contributed by atoms with E-state index in [-0.39, 0.29) is 17.0 Å². The zero-order valence-electron chi connectivity index (χ0n) is 10.4. The molecule has 0 unspecified atom stereocenters. The predicted molar refractivity (Wildman–Crippen MR) is 64.7 cm³/mol. The van der Waals surface area contributed by atoms with E-state index < -0.39 is 5.95 Å². The highest BCUT2D eigenvalue weighted by atomic mass is 19.1. The van der Waals surface area contributed by atoms with E-state index >= 15 is 0 Å². The molecule has 0 aromatic carbocycles. The van der Waals surface area contributed by atoms with Crippen LogP contribution in [0.15, 0.2) is 18.2 Å². The average molecular weight is 252 g/mol. The van der Waals surface area contributed by atoms with Crippen molar-refractivity contribution >= 4 is 5.91 Å². The van der Waals surface area contributed by atoms with Crippen molar-refractivity contribution in [3.05, 3.63) is 29.8 Å². The number of ether oxygens (including phenoxy) is 1. The maximum atomic E-state index is 12.9. The largest absolute Gasteiger partial charge is 0.381 e. The summed E-state index contributed by atoms with van der Waals surface area (Å²) >= 11 is 0. The Bertz CT molecular complexity index is 431. The van der Waals surface area contributed by atoms with Crippen molar-refractivity contribution in [2.75, 3.05) is 19.8 Å². The Morgan fingerprint density at radius 1 is 1.50 bits per heavy atom. The van der Waals surface area contributed by atoms with Gasteiger partial charge in [-0.1, -0.05) is 13.0 Å². The van der Waals surface area contributed by atoms with Gasteiger partial charge in [-0.05, 0) is 30.4 Å². The SMILES string of the molecule is CC1(CNC(=O)c2cccc(F)n2)CCOCC1. The summed E-state index contributed by atoms with van der Waals surface area (Å²) in [5, 5.41) is 2.81. The van der Waals surface area contributed by atoms with Crippen molar-refractivity contribution in [3.8, 4) is 0 Å². The maximum Gasteiger partial charge on any atom is 0.270 e. The van der Waals surface area contributed by atoms with E-state index in [1.807, 2.05) is 0 Å². The number of hydrogen-bond acceptors (Lipinski definition) is 3. The van der Waals surface area contributed by atoms with Gasteiger partial charge in [0.05, 0.1) is 0 Å². The van der Waals surface area contributed by atoms with Gasteiger partial charge in [0, 0.05) is 19.8 Å². The number of halogens is 1. The fraction of sp³-hybridized carbons (Fsp3) is 0.538. The summed E-state index contributed by atoms with van der Waals surface area (Å²) in [6.45, 7) is 4.14. The molecule has 4 nitrogen and oxygen atoms in total. The average Bonchev–Trinajstić information content (AvgIpc) is 2.37. The van der Waals surface area contributed by atoms with Crippen molar-refractivity contribution in [1.29, 1.82) is 0 Å². The normalized spacial score (nSPS) is 18.3. The van der Waals surface area contributed by atoms with Crippen molar-refractivity contribution in [3.63, 3.8) is 0 Å². The highest BCUT2D eigenvalue weighted by Crippen LogP contribution is 2.28. The van der Waals surface area contributed by atoms with Gasteiger partial charge in [-0.15, -0.1) is 0 Å². The molecule has 1 saturated heterocycles.